The van der Waals surface area contributed by atoms with E-state index in [-0.39, 0.29) is 0 Å². The lowest BCUT2D eigenvalue weighted by Crippen LogP contribution is -2.24. The molecule has 0 aromatic rings. The first-order valence-corrected chi connectivity index (χ1v) is 5.95. The minimum atomic E-state index is 0.555. The van der Waals surface area contributed by atoms with Gasteiger partial charge < -0.3 is 10.1 Å². The molecule has 1 heterocycles. The topological polar surface area (TPSA) is 21.3 Å². The molecule has 2 rings (SSSR count). The molecule has 2 aliphatic rings. The van der Waals surface area contributed by atoms with Crippen molar-refractivity contribution in [3.8, 4) is 0 Å². The highest BCUT2D eigenvalue weighted by Gasteiger charge is 2.14. The fourth-order valence-corrected chi connectivity index (χ4v) is 2.26. The van der Waals surface area contributed by atoms with Crippen LogP contribution in [0.4, 0.5) is 0 Å². The van der Waals surface area contributed by atoms with Crippen LogP contribution in [0.2, 0.25) is 0 Å². The van der Waals surface area contributed by atoms with Crippen LogP contribution in [0.5, 0.6) is 0 Å². The highest BCUT2D eigenvalue weighted by Crippen LogP contribution is 2.21. The second kappa shape index (κ2) is 5.52. The summed E-state index contributed by atoms with van der Waals surface area (Å²) in [6.07, 6.45) is 10.7. The molecule has 0 atom stereocenters. The minimum absolute atomic E-state index is 0.555. The van der Waals surface area contributed by atoms with E-state index in [1.165, 1.54) is 44.1 Å². The zero-order valence-electron chi connectivity index (χ0n) is 8.93. The summed E-state index contributed by atoms with van der Waals surface area (Å²) in [5.74, 6) is 0. The first-order valence-electron chi connectivity index (χ1n) is 5.95. The van der Waals surface area contributed by atoms with E-state index in [0.717, 1.165) is 19.7 Å². The maximum absolute atomic E-state index is 5.93. The molecule has 2 nitrogen and oxygen atoms in total. The Bertz CT molecular complexity index is 194. The van der Waals surface area contributed by atoms with E-state index < -0.39 is 0 Å². The standard InChI is InChI=1S/C12H21NO/c1-2-4-12(5-3-1)14-10-11-6-8-13-9-7-11/h6,12-13H,1-5,7-10H2. The van der Waals surface area contributed by atoms with Crippen LogP contribution in [0.3, 0.4) is 0 Å². The average molecular weight is 195 g/mol. The van der Waals surface area contributed by atoms with Gasteiger partial charge in [-0.05, 0) is 31.4 Å². The maximum Gasteiger partial charge on any atom is 0.0681 e. The van der Waals surface area contributed by atoms with E-state index in [2.05, 4.69) is 11.4 Å². The Kier molecular flexibility index (Phi) is 4.02. The van der Waals surface area contributed by atoms with Crippen LogP contribution in [0.1, 0.15) is 38.5 Å². The van der Waals surface area contributed by atoms with Gasteiger partial charge in [0, 0.05) is 6.54 Å². The third kappa shape index (κ3) is 3.10. The first kappa shape index (κ1) is 10.2. The van der Waals surface area contributed by atoms with Gasteiger partial charge in [0.2, 0.25) is 0 Å². The predicted octanol–water partition coefficient (Wildman–Crippen LogP) is 2.26. The third-order valence-corrected chi connectivity index (χ3v) is 3.21. The molecule has 0 aromatic carbocycles. The Morgan fingerprint density at radius 3 is 2.86 bits per heavy atom. The molecular formula is C12H21NO. The smallest absolute Gasteiger partial charge is 0.0681 e. The fourth-order valence-electron chi connectivity index (χ4n) is 2.26. The quantitative estimate of drug-likeness (QED) is 0.697. The lowest BCUT2D eigenvalue weighted by molar-refractivity contribution is 0.0412. The number of rotatable bonds is 3. The number of nitrogens with one attached hydrogen (secondary N) is 1. The molecule has 1 fully saturated rings. The summed E-state index contributed by atoms with van der Waals surface area (Å²) in [4.78, 5) is 0. The molecular weight excluding hydrogens is 174 g/mol. The first-order chi connectivity index (χ1) is 6.95. The van der Waals surface area contributed by atoms with Crippen LogP contribution in [0, 0.1) is 0 Å². The zero-order chi connectivity index (χ0) is 9.64. The largest absolute Gasteiger partial charge is 0.374 e. The second-order valence-corrected chi connectivity index (χ2v) is 4.39. The highest BCUT2D eigenvalue weighted by molar-refractivity contribution is 5.07. The molecule has 0 saturated heterocycles. The number of ether oxygens (including phenoxy) is 1. The maximum atomic E-state index is 5.93. The molecule has 1 saturated carbocycles. The van der Waals surface area contributed by atoms with Gasteiger partial charge >= 0.3 is 0 Å². The molecule has 14 heavy (non-hydrogen) atoms. The van der Waals surface area contributed by atoms with E-state index in [0.29, 0.717) is 6.10 Å². The third-order valence-electron chi connectivity index (χ3n) is 3.21. The predicted molar refractivity (Wildman–Crippen MR) is 58.4 cm³/mol. The molecule has 0 spiro atoms. The molecule has 2 heteroatoms. The monoisotopic (exact) mass is 195 g/mol. The van der Waals surface area contributed by atoms with E-state index in [4.69, 9.17) is 4.74 Å². The summed E-state index contributed by atoms with van der Waals surface area (Å²) >= 11 is 0. The minimum Gasteiger partial charge on any atom is -0.374 e. The molecule has 1 aliphatic heterocycles. The summed E-state index contributed by atoms with van der Waals surface area (Å²) in [7, 11) is 0. The molecule has 0 unspecified atom stereocenters. The van der Waals surface area contributed by atoms with E-state index in [9.17, 15) is 0 Å². The van der Waals surface area contributed by atoms with Gasteiger partial charge in [0.15, 0.2) is 0 Å². The Morgan fingerprint density at radius 2 is 2.14 bits per heavy atom. The molecule has 0 aromatic heterocycles. The molecule has 0 radical (unpaired) electrons. The Hall–Kier alpha value is -0.340. The highest BCUT2D eigenvalue weighted by atomic mass is 16.5. The summed E-state index contributed by atoms with van der Waals surface area (Å²) in [6.45, 7) is 3.04. The fraction of sp³-hybridized carbons (Fsp3) is 0.833. The van der Waals surface area contributed by atoms with E-state index in [1.54, 1.807) is 0 Å². The van der Waals surface area contributed by atoms with Gasteiger partial charge in [-0.2, -0.15) is 0 Å². The Labute approximate surface area is 86.7 Å². The lowest BCUT2D eigenvalue weighted by Gasteiger charge is -2.23. The van der Waals surface area contributed by atoms with E-state index >= 15 is 0 Å². The van der Waals surface area contributed by atoms with Crippen LogP contribution < -0.4 is 5.32 Å². The van der Waals surface area contributed by atoms with Gasteiger partial charge in [0.25, 0.3) is 0 Å². The Balaban J connectivity index is 1.67. The van der Waals surface area contributed by atoms with Gasteiger partial charge in [-0.1, -0.05) is 25.3 Å². The Morgan fingerprint density at radius 1 is 1.29 bits per heavy atom. The summed E-state index contributed by atoms with van der Waals surface area (Å²) in [6, 6.07) is 0. The molecule has 1 aliphatic carbocycles. The molecule has 80 valence electrons. The summed E-state index contributed by atoms with van der Waals surface area (Å²) < 4.78 is 5.93. The van der Waals surface area contributed by atoms with Gasteiger partial charge in [-0.3, -0.25) is 0 Å². The molecule has 1 N–H and O–H groups in total. The van der Waals surface area contributed by atoms with Crippen molar-refractivity contribution < 1.29 is 4.74 Å². The van der Waals surface area contributed by atoms with Crippen molar-refractivity contribution in [2.45, 2.75) is 44.6 Å². The SMILES string of the molecule is C1=C(COC2CCCCC2)CCNC1. The summed E-state index contributed by atoms with van der Waals surface area (Å²) in [5, 5.41) is 3.32. The van der Waals surface area contributed by atoms with Crippen molar-refractivity contribution in [1.82, 2.24) is 5.32 Å². The van der Waals surface area contributed by atoms with Crippen molar-refractivity contribution in [1.29, 1.82) is 0 Å². The lowest BCUT2D eigenvalue weighted by atomic mass is 9.98. The van der Waals surface area contributed by atoms with Crippen molar-refractivity contribution in [3.63, 3.8) is 0 Å². The zero-order valence-corrected chi connectivity index (χ0v) is 8.93. The normalized spacial score (nSPS) is 24.7. The van der Waals surface area contributed by atoms with Crippen LogP contribution in [-0.4, -0.2) is 25.8 Å². The van der Waals surface area contributed by atoms with Crippen molar-refractivity contribution in [2.24, 2.45) is 0 Å². The van der Waals surface area contributed by atoms with Crippen LogP contribution in [0.15, 0.2) is 11.6 Å². The van der Waals surface area contributed by atoms with Gasteiger partial charge in [-0.25, -0.2) is 0 Å². The summed E-state index contributed by atoms with van der Waals surface area (Å²) in [5.41, 5.74) is 1.49. The molecule has 0 amide bonds. The van der Waals surface area contributed by atoms with Crippen molar-refractivity contribution in [3.05, 3.63) is 11.6 Å². The van der Waals surface area contributed by atoms with Crippen LogP contribution in [0.25, 0.3) is 0 Å². The van der Waals surface area contributed by atoms with Crippen LogP contribution in [-0.2, 0) is 4.74 Å². The number of hydrogen-bond acceptors (Lipinski definition) is 2. The second-order valence-electron chi connectivity index (χ2n) is 4.39. The van der Waals surface area contributed by atoms with Gasteiger partial charge in [0.05, 0.1) is 12.7 Å². The average Bonchev–Trinajstić information content (AvgIpc) is 2.29. The van der Waals surface area contributed by atoms with Gasteiger partial charge in [-0.15, -0.1) is 0 Å². The number of hydrogen-bond donors (Lipinski definition) is 1. The van der Waals surface area contributed by atoms with Crippen molar-refractivity contribution >= 4 is 0 Å². The van der Waals surface area contributed by atoms with Crippen LogP contribution >= 0.6 is 0 Å². The van der Waals surface area contributed by atoms with Gasteiger partial charge in [0.1, 0.15) is 0 Å². The van der Waals surface area contributed by atoms with E-state index in [1.807, 2.05) is 0 Å². The van der Waals surface area contributed by atoms with Crippen molar-refractivity contribution in [2.75, 3.05) is 19.7 Å². The molecule has 0 bridgehead atoms.